The lowest BCUT2D eigenvalue weighted by atomic mass is 9.93. The van der Waals surface area contributed by atoms with Crippen LogP contribution in [0.25, 0.3) is 0 Å². The van der Waals surface area contributed by atoms with Gasteiger partial charge in [0.1, 0.15) is 5.82 Å². The molecule has 1 fully saturated rings. The molecule has 1 aliphatic rings. The van der Waals surface area contributed by atoms with Crippen LogP contribution in [0.2, 0.25) is 0 Å². The number of anilines is 1. The first-order chi connectivity index (χ1) is 11.5. The third-order valence-corrected chi connectivity index (χ3v) is 4.36. The molecule has 0 saturated carbocycles. The fourth-order valence-corrected chi connectivity index (χ4v) is 3.06. The summed E-state index contributed by atoms with van der Waals surface area (Å²) in [5.41, 5.74) is 1.34. The first-order valence-corrected chi connectivity index (χ1v) is 7.84. The van der Waals surface area contributed by atoms with Gasteiger partial charge in [-0.15, -0.1) is 0 Å². The van der Waals surface area contributed by atoms with Crippen LogP contribution in [-0.4, -0.2) is 33.5 Å². The van der Waals surface area contributed by atoms with E-state index in [0.29, 0.717) is 12.2 Å². The normalized spacial score (nSPS) is 20.5. The van der Waals surface area contributed by atoms with Gasteiger partial charge in [-0.3, -0.25) is 14.3 Å². The van der Waals surface area contributed by atoms with Crippen LogP contribution < -0.4 is 5.32 Å². The van der Waals surface area contributed by atoms with Crippen LogP contribution in [0, 0.1) is 11.7 Å². The number of nitrogens with one attached hydrogen (secondary N) is 1. The number of likely N-dealkylation sites (tertiary alicyclic amines) is 1. The monoisotopic (exact) mass is 330 g/mol. The van der Waals surface area contributed by atoms with E-state index in [9.17, 15) is 14.0 Å². The number of hydrogen-bond donors (Lipinski definition) is 1. The Morgan fingerprint density at radius 2 is 2.08 bits per heavy atom. The molecule has 0 bridgehead atoms. The van der Waals surface area contributed by atoms with E-state index in [1.165, 1.54) is 12.1 Å². The van der Waals surface area contributed by atoms with Crippen molar-refractivity contribution in [3.63, 3.8) is 0 Å². The molecular weight excluding hydrogens is 311 g/mol. The van der Waals surface area contributed by atoms with Crippen molar-refractivity contribution in [1.82, 2.24) is 14.7 Å². The minimum Gasteiger partial charge on any atom is -0.338 e. The highest BCUT2D eigenvalue weighted by molar-refractivity contribution is 5.97. The average molecular weight is 330 g/mol. The van der Waals surface area contributed by atoms with Crippen molar-refractivity contribution < 1.29 is 14.0 Å². The van der Waals surface area contributed by atoms with Crippen LogP contribution in [0.1, 0.15) is 24.9 Å². The van der Waals surface area contributed by atoms with Crippen LogP contribution >= 0.6 is 0 Å². The Labute approximate surface area is 139 Å². The van der Waals surface area contributed by atoms with Crippen molar-refractivity contribution in [1.29, 1.82) is 0 Å². The van der Waals surface area contributed by atoms with Gasteiger partial charge in [0, 0.05) is 26.2 Å². The van der Waals surface area contributed by atoms with Crippen LogP contribution in [-0.2, 0) is 16.1 Å². The number of aryl methyl sites for hydroxylation is 1. The molecule has 1 aromatic heterocycles. The zero-order valence-corrected chi connectivity index (χ0v) is 13.6. The highest BCUT2D eigenvalue weighted by Crippen LogP contribution is 2.37. The van der Waals surface area contributed by atoms with E-state index in [1.54, 1.807) is 41.2 Å². The molecule has 2 amide bonds. The number of benzene rings is 1. The lowest BCUT2D eigenvalue weighted by Crippen LogP contribution is -2.29. The van der Waals surface area contributed by atoms with E-state index >= 15 is 0 Å². The van der Waals surface area contributed by atoms with Crippen molar-refractivity contribution in [2.24, 2.45) is 5.92 Å². The van der Waals surface area contributed by atoms with Crippen molar-refractivity contribution in [2.45, 2.75) is 25.9 Å². The molecule has 24 heavy (non-hydrogen) atoms. The Hall–Kier alpha value is -2.70. The molecule has 2 aromatic rings. The zero-order chi connectivity index (χ0) is 17.3. The molecule has 0 unspecified atom stereocenters. The largest absolute Gasteiger partial charge is 0.338 e. The summed E-state index contributed by atoms with van der Waals surface area (Å²) in [6.07, 6.45) is 3.45. The van der Waals surface area contributed by atoms with Gasteiger partial charge in [0.05, 0.1) is 23.8 Å². The second kappa shape index (κ2) is 6.43. The molecular formula is C17H19FN4O2. The molecule has 2 heterocycles. The molecule has 0 aliphatic carbocycles. The SMILES string of the molecule is CCn1cc(NC(=O)[C@@H]2CC(=O)N(C)[C@H]2c2ccc(F)cc2)cn1. The van der Waals surface area contributed by atoms with Gasteiger partial charge in [-0.1, -0.05) is 12.1 Å². The second-order valence-corrected chi connectivity index (χ2v) is 5.89. The van der Waals surface area contributed by atoms with E-state index in [4.69, 9.17) is 0 Å². The van der Waals surface area contributed by atoms with Gasteiger partial charge < -0.3 is 10.2 Å². The summed E-state index contributed by atoms with van der Waals surface area (Å²) in [7, 11) is 1.67. The van der Waals surface area contributed by atoms with Gasteiger partial charge in [0.15, 0.2) is 0 Å². The first-order valence-electron chi connectivity index (χ1n) is 7.84. The summed E-state index contributed by atoms with van der Waals surface area (Å²) in [6.45, 7) is 2.66. The predicted octanol–water partition coefficient (Wildman–Crippen LogP) is 2.20. The minimum absolute atomic E-state index is 0.103. The van der Waals surface area contributed by atoms with E-state index in [0.717, 1.165) is 5.56 Å². The van der Waals surface area contributed by atoms with Gasteiger partial charge in [-0.25, -0.2) is 4.39 Å². The number of aromatic nitrogens is 2. The molecule has 3 rings (SSSR count). The summed E-state index contributed by atoms with van der Waals surface area (Å²) in [4.78, 5) is 26.3. The average Bonchev–Trinajstić information content (AvgIpc) is 3.14. The fraction of sp³-hybridized carbons (Fsp3) is 0.353. The summed E-state index contributed by atoms with van der Waals surface area (Å²) in [5.74, 6) is -1.22. The van der Waals surface area contributed by atoms with Gasteiger partial charge in [0.25, 0.3) is 0 Å². The smallest absolute Gasteiger partial charge is 0.230 e. The molecule has 1 N–H and O–H groups in total. The highest BCUT2D eigenvalue weighted by Gasteiger charge is 2.42. The van der Waals surface area contributed by atoms with E-state index in [-0.39, 0.29) is 24.1 Å². The maximum Gasteiger partial charge on any atom is 0.230 e. The van der Waals surface area contributed by atoms with E-state index in [1.807, 2.05) is 6.92 Å². The van der Waals surface area contributed by atoms with Crippen LogP contribution in [0.5, 0.6) is 0 Å². The molecule has 0 spiro atoms. The van der Waals surface area contributed by atoms with Gasteiger partial charge in [-0.2, -0.15) is 5.10 Å². The third-order valence-electron chi connectivity index (χ3n) is 4.36. The van der Waals surface area contributed by atoms with Crippen molar-refractivity contribution in [3.8, 4) is 0 Å². The lowest BCUT2D eigenvalue weighted by Gasteiger charge is -2.24. The van der Waals surface area contributed by atoms with Gasteiger partial charge in [-0.05, 0) is 24.6 Å². The molecule has 7 heteroatoms. The summed E-state index contributed by atoms with van der Waals surface area (Å²) < 4.78 is 14.9. The van der Waals surface area contributed by atoms with E-state index in [2.05, 4.69) is 10.4 Å². The van der Waals surface area contributed by atoms with Crippen LogP contribution in [0.4, 0.5) is 10.1 Å². The maximum absolute atomic E-state index is 13.2. The number of nitrogens with zero attached hydrogens (tertiary/aromatic N) is 3. The molecule has 6 nitrogen and oxygen atoms in total. The molecule has 1 aromatic carbocycles. The summed E-state index contributed by atoms with van der Waals surface area (Å²) in [6, 6.07) is 5.51. The standard InChI is InChI=1S/C17H19FN4O2/c1-3-22-10-13(9-19-22)20-17(24)14-8-15(23)21(2)16(14)11-4-6-12(18)7-5-11/h4-7,9-10,14,16H,3,8H2,1-2H3,(H,20,24)/t14-,16+/m1/s1. The van der Waals surface area contributed by atoms with Crippen molar-refractivity contribution in [3.05, 3.63) is 48.0 Å². The molecule has 0 radical (unpaired) electrons. The fourth-order valence-electron chi connectivity index (χ4n) is 3.06. The molecule has 126 valence electrons. The zero-order valence-electron chi connectivity index (χ0n) is 13.6. The topological polar surface area (TPSA) is 67.2 Å². The Bertz CT molecular complexity index is 756. The van der Waals surface area contributed by atoms with Crippen molar-refractivity contribution in [2.75, 3.05) is 12.4 Å². The van der Waals surface area contributed by atoms with Crippen LogP contribution in [0.3, 0.4) is 0 Å². The predicted molar refractivity (Wildman–Crippen MR) is 86.5 cm³/mol. The minimum atomic E-state index is -0.530. The van der Waals surface area contributed by atoms with Crippen molar-refractivity contribution >= 4 is 17.5 Å². The number of halogens is 1. The number of carbonyl (C=O) groups is 2. The van der Waals surface area contributed by atoms with Crippen LogP contribution in [0.15, 0.2) is 36.7 Å². The number of amides is 2. The Balaban J connectivity index is 1.82. The third kappa shape index (κ3) is 3.02. The van der Waals surface area contributed by atoms with Gasteiger partial charge in [0.2, 0.25) is 11.8 Å². The number of rotatable bonds is 4. The Morgan fingerprint density at radius 3 is 2.71 bits per heavy atom. The molecule has 2 atom stereocenters. The maximum atomic E-state index is 13.2. The highest BCUT2D eigenvalue weighted by atomic mass is 19.1. The Kier molecular flexibility index (Phi) is 4.33. The van der Waals surface area contributed by atoms with Gasteiger partial charge >= 0.3 is 0 Å². The first kappa shape index (κ1) is 16.2. The Morgan fingerprint density at radius 1 is 1.38 bits per heavy atom. The quantitative estimate of drug-likeness (QED) is 0.934. The lowest BCUT2D eigenvalue weighted by molar-refractivity contribution is -0.127. The summed E-state index contributed by atoms with van der Waals surface area (Å²) in [5, 5.41) is 6.93. The number of carbonyl (C=O) groups excluding carboxylic acids is 2. The van der Waals surface area contributed by atoms with E-state index < -0.39 is 12.0 Å². The summed E-state index contributed by atoms with van der Waals surface area (Å²) >= 11 is 0. The molecule has 1 saturated heterocycles. The number of hydrogen-bond acceptors (Lipinski definition) is 3. The second-order valence-electron chi connectivity index (χ2n) is 5.89. The molecule has 1 aliphatic heterocycles.